The lowest BCUT2D eigenvalue weighted by Crippen LogP contribution is -2.23. The van der Waals surface area contributed by atoms with E-state index in [1.807, 2.05) is 0 Å². The summed E-state index contributed by atoms with van der Waals surface area (Å²) in [5.74, 6) is -1.23. The van der Waals surface area contributed by atoms with Crippen molar-refractivity contribution in [2.24, 2.45) is 0 Å². The molecule has 0 aliphatic heterocycles. The van der Waals surface area contributed by atoms with Crippen molar-refractivity contribution in [3.63, 3.8) is 0 Å². The van der Waals surface area contributed by atoms with Crippen LogP contribution in [0.3, 0.4) is 0 Å². The number of Topliss-reactive ketones (excluding diaryl/α,β-unsaturated/α-hetero) is 1. The minimum absolute atomic E-state index is 0.0194. The molecule has 0 fully saturated rings. The molecule has 0 aromatic heterocycles. The number of benzene rings is 2. The smallest absolute Gasteiger partial charge is 0.196 e. The number of hydrogen-bond acceptors (Lipinski definition) is 4. The molecule has 1 aliphatic rings. The highest BCUT2D eigenvalue weighted by atomic mass is 35.5. The summed E-state index contributed by atoms with van der Waals surface area (Å²) in [6.45, 7) is 0. The number of nitrogens with two attached hydrogens (primary N) is 1. The minimum atomic E-state index is -0.379. The normalized spacial score (nSPS) is 12.8. The Balaban J connectivity index is 2.29. The van der Waals surface area contributed by atoms with Crippen LogP contribution in [0.4, 0.5) is 5.69 Å². The zero-order valence-corrected chi connectivity index (χ0v) is 11.6. The molecule has 0 amide bonds. The van der Waals surface area contributed by atoms with Crippen molar-refractivity contribution in [3.05, 3.63) is 64.2 Å². The minimum Gasteiger partial charge on any atom is -0.398 e. The molecule has 5 heteroatoms. The number of fused-ring (bicyclic) bond motifs is 2. The average Bonchev–Trinajstić information content (AvgIpc) is 2.51. The molecule has 0 radical (unpaired) electrons. The lowest BCUT2D eigenvalue weighted by molar-refractivity contribution is 0.0978. The van der Waals surface area contributed by atoms with E-state index in [1.54, 1.807) is 24.3 Å². The maximum Gasteiger partial charge on any atom is 0.196 e. The van der Waals surface area contributed by atoms with Crippen LogP contribution in [-0.2, 0) is 0 Å². The van der Waals surface area contributed by atoms with Crippen LogP contribution in [-0.4, -0.2) is 23.2 Å². The first-order valence-corrected chi connectivity index (χ1v) is 6.79. The van der Waals surface area contributed by atoms with E-state index in [0.717, 1.165) is 0 Å². The lowest BCUT2D eigenvalue weighted by Gasteiger charge is -2.20. The standard InChI is InChI=1S/C16H10ClNO3/c17-7-12(19)10-5-6-11-13(14(10)18)16(21)9-4-2-1-3-8(9)15(11)20/h1-6H,7,18H2. The van der Waals surface area contributed by atoms with Crippen LogP contribution in [0.1, 0.15) is 42.2 Å². The van der Waals surface area contributed by atoms with Gasteiger partial charge in [-0.15, -0.1) is 11.6 Å². The Labute approximate surface area is 125 Å². The van der Waals surface area contributed by atoms with Crippen LogP contribution < -0.4 is 5.73 Å². The number of anilines is 1. The summed E-state index contributed by atoms with van der Waals surface area (Å²) >= 11 is 5.53. The number of nitrogen functional groups attached to an aromatic ring is 1. The third-order valence-electron chi connectivity index (χ3n) is 3.56. The third-order valence-corrected chi connectivity index (χ3v) is 3.80. The fourth-order valence-corrected chi connectivity index (χ4v) is 2.67. The Morgan fingerprint density at radius 1 is 0.952 bits per heavy atom. The monoisotopic (exact) mass is 299 g/mol. The van der Waals surface area contributed by atoms with Gasteiger partial charge in [-0.3, -0.25) is 14.4 Å². The van der Waals surface area contributed by atoms with Gasteiger partial charge in [-0.2, -0.15) is 0 Å². The van der Waals surface area contributed by atoms with Gasteiger partial charge in [-0.25, -0.2) is 0 Å². The predicted molar refractivity (Wildman–Crippen MR) is 79.2 cm³/mol. The predicted octanol–water partition coefficient (Wildman–Crippen LogP) is 2.47. The fraction of sp³-hybridized carbons (Fsp3) is 0.0625. The van der Waals surface area contributed by atoms with E-state index in [4.69, 9.17) is 17.3 Å². The number of ketones is 3. The van der Waals surface area contributed by atoms with E-state index in [1.165, 1.54) is 12.1 Å². The molecule has 0 atom stereocenters. The summed E-state index contributed by atoms with van der Waals surface area (Å²) in [6.07, 6.45) is 0. The average molecular weight is 300 g/mol. The van der Waals surface area contributed by atoms with Crippen molar-refractivity contribution in [1.29, 1.82) is 0 Å². The second-order valence-electron chi connectivity index (χ2n) is 4.71. The number of hydrogen-bond donors (Lipinski definition) is 1. The third kappa shape index (κ3) is 1.87. The van der Waals surface area contributed by atoms with E-state index in [-0.39, 0.29) is 45.6 Å². The maximum absolute atomic E-state index is 12.6. The molecular formula is C16H10ClNO3. The Bertz CT molecular complexity index is 811. The van der Waals surface area contributed by atoms with E-state index in [2.05, 4.69) is 0 Å². The summed E-state index contributed by atoms with van der Waals surface area (Å²) in [7, 11) is 0. The Morgan fingerprint density at radius 2 is 1.57 bits per heavy atom. The summed E-state index contributed by atoms with van der Waals surface area (Å²) in [6, 6.07) is 9.46. The van der Waals surface area contributed by atoms with Crippen molar-refractivity contribution in [1.82, 2.24) is 0 Å². The van der Waals surface area contributed by atoms with Crippen LogP contribution in [0.2, 0.25) is 0 Å². The summed E-state index contributed by atoms with van der Waals surface area (Å²) in [5, 5.41) is 0. The Morgan fingerprint density at radius 3 is 2.19 bits per heavy atom. The zero-order chi connectivity index (χ0) is 15.1. The van der Waals surface area contributed by atoms with Gasteiger partial charge >= 0.3 is 0 Å². The molecule has 0 saturated heterocycles. The van der Waals surface area contributed by atoms with E-state index >= 15 is 0 Å². The van der Waals surface area contributed by atoms with Gasteiger partial charge in [0.05, 0.1) is 17.1 Å². The van der Waals surface area contributed by atoms with Gasteiger partial charge < -0.3 is 5.73 Å². The van der Waals surface area contributed by atoms with Crippen molar-refractivity contribution in [3.8, 4) is 0 Å². The van der Waals surface area contributed by atoms with Crippen LogP contribution in [0, 0.1) is 0 Å². The van der Waals surface area contributed by atoms with E-state index in [9.17, 15) is 14.4 Å². The molecule has 0 bridgehead atoms. The van der Waals surface area contributed by atoms with E-state index in [0.29, 0.717) is 11.1 Å². The van der Waals surface area contributed by atoms with Crippen molar-refractivity contribution in [2.45, 2.75) is 0 Å². The van der Waals surface area contributed by atoms with Gasteiger partial charge in [0, 0.05) is 22.3 Å². The van der Waals surface area contributed by atoms with Gasteiger partial charge in [0.2, 0.25) is 0 Å². The highest BCUT2D eigenvalue weighted by molar-refractivity contribution is 6.34. The first-order valence-electron chi connectivity index (χ1n) is 6.26. The second-order valence-corrected chi connectivity index (χ2v) is 4.98. The van der Waals surface area contributed by atoms with Gasteiger partial charge in [-0.1, -0.05) is 24.3 Å². The summed E-state index contributed by atoms with van der Waals surface area (Å²) in [5.41, 5.74) is 7.10. The topological polar surface area (TPSA) is 77.2 Å². The van der Waals surface area contributed by atoms with E-state index < -0.39 is 0 Å². The SMILES string of the molecule is Nc1c(C(=O)CCl)ccc2c1C(=O)c1ccccc1C2=O. The molecule has 104 valence electrons. The van der Waals surface area contributed by atoms with Crippen LogP contribution in [0.25, 0.3) is 0 Å². The molecule has 0 unspecified atom stereocenters. The number of rotatable bonds is 2. The van der Waals surface area contributed by atoms with Gasteiger partial charge in [0.15, 0.2) is 17.3 Å². The highest BCUT2D eigenvalue weighted by Gasteiger charge is 2.32. The summed E-state index contributed by atoms with van der Waals surface area (Å²) < 4.78 is 0. The van der Waals surface area contributed by atoms with Gasteiger partial charge in [0.1, 0.15) is 0 Å². The molecule has 3 rings (SSSR count). The molecule has 21 heavy (non-hydrogen) atoms. The Kier molecular flexibility index (Phi) is 3.11. The van der Waals surface area contributed by atoms with Crippen LogP contribution >= 0.6 is 11.6 Å². The molecule has 4 nitrogen and oxygen atoms in total. The molecular weight excluding hydrogens is 290 g/mol. The van der Waals surface area contributed by atoms with Gasteiger partial charge in [-0.05, 0) is 12.1 Å². The number of carbonyl (C=O) groups excluding carboxylic acids is 3. The molecule has 2 N–H and O–H groups in total. The largest absolute Gasteiger partial charge is 0.398 e. The molecule has 2 aromatic carbocycles. The van der Waals surface area contributed by atoms with Crippen molar-refractivity contribution in [2.75, 3.05) is 11.6 Å². The van der Waals surface area contributed by atoms with Crippen LogP contribution in [0.15, 0.2) is 36.4 Å². The van der Waals surface area contributed by atoms with Crippen molar-refractivity contribution < 1.29 is 14.4 Å². The first-order chi connectivity index (χ1) is 10.1. The first kappa shape index (κ1) is 13.5. The fourth-order valence-electron chi connectivity index (χ4n) is 2.53. The van der Waals surface area contributed by atoms with Crippen molar-refractivity contribution >= 4 is 34.6 Å². The zero-order valence-electron chi connectivity index (χ0n) is 10.9. The van der Waals surface area contributed by atoms with Crippen LogP contribution in [0.5, 0.6) is 0 Å². The number of carbonyl (C=O) groups is 3. The van der Waals surface area contributed by atoms with Gasteiger partial charge in [0.25, 0.3) is 0 Å². The molecule has 1 aliphatic carbocycles. The number of alkyl halides is 1. The maximum atomic E-state index is 12.6. The molecule has 2 aromatic rings. The molecule has 0 saturated carbocycles. The second kappa shape index (κ2) is 4.82. The lowest BCUT2D eigenvalue weighted by atomic mass is 9.82. The summed E-state index contributed by atoms with van der Waals surface area (Å²) in [4.78, 5) is 36.7. The molecule has 0 heterocycles. The molecule has 0 spiro atoms. The number of halogens is 1. The Hall–Kier alpha value is -2.46. The highest BCUT2D eigenvalue weighted by Crippen LogP contribution is 2.32. The quantitative estimate of drug-likeness (QED) is 0.448.